The van der Waals surface area contributed by atoms with E-state index in [4.69, 9.17) is 0 Å². The summed E-state index contributed by atoms with van der Waals surface area (Å²) in [5.74, 6) is 0.257. The van der Waals surface area contributed by atoms with Crippen LogP contribution >= 0.6 is 11.3 Å². The van der Waals surface area contributed by atoms with Crippen molar-refractivity contribution in [1.29, 1.82) is 0 Å². The monoisotopic (exact) mass is 361 g/mol. The van der Waals surface area contributed by atoms with Gasteiger partial charge in [-0.3, -0.25) is 9.00 Å². The Morgan fingerprint density at radius 3 is 2.79 bits per heavy atom. The highest BCUT2D eigenvalue weighted by atomic mass is 32.2. The van der Waals surface area contributed by atoms with Gasteiger partial charge in [-0.15, -0.1) is 16.4 Å². The van der Waals surface area contributed by atoms with E-state index >= 15 is 0 Å². The van der Waals surface area contributed by atoms with Crippen LogP contribution in [0.5, 0.6) is 0 Å². The Balaban J connectivity index is 1.56. The molecule has 0 aliphatic rings. The summed E-state index contributed by atoms with van der Waals surface area (Å²) in [6.07, 6.45) is 0. The Bertz CT molecular complexity index is 818. The number of carbonyl (C=O) groups is 1. The van der Waals surface area contributed by atoms with Gasteiger partial charge in [0.1, 0.15) is 5.75 Å². The van der Waals surface area contributed by atoms with Crippen molar-refractivity contribution < 1.29 is 9.00 Å². The van der Waals surface area contributed by atoms with E-state index in [2.05, 4.69) is 20.8 Å². The number of nitrogens with zero attached hydrogens (tertiary/aromatic N) is 4. The van der Waals surface area contributed by atoms with E-state index in [-0.39, 0.29) is 17.4 Å². The molecule has 1 N–H and O–H groups in total. The number of tetrazole rings is 1. The summed E-state index contributed by atoms with van der Waals surface area (Å²) in [5.41, 5.74) is 0.789. The number of hydrogen-bond acceptors (Lipinski definition) is 6. The van der Waals surface area contributed by atoms with Crippen molar-refractivity contribution in [3.05, 3.63) is 58.5 Å². The maximum Gasteiger partial charge on any atom is 0.232 e. The third-order valence-electron chi connectivity index (χ3n) is 3.16. The Kier molecular flexibility index (Phi) is 5.44. The average molecular weight is 361 g/mol. The van der Waals surface area contributed by atoms with Gasteiger partial charge in [0.15, 0.2) is 5.82 Å². The van der Waals surface area contributed by atoms with Crippen molar-refractivity contribution in [2.24, 2.45) is 0 Å². The van der Waals surface area contributed by atoms with E-state index in [1.54, 1.807) is 11.3 Å². The normalized spacial score (nSPS) is 12.0. The van der Waals surface area contributed by atoms with Gasteiger partial charge in [-0.05, 0) is 34.0 Å². The molecule has 3 aromatic rings. The minimum Gasteiger partial charge on any atom is -0.350 e. The van der Waals surface area contributed by atoms with E-state index in [1.165, 1.54) is 4.68 Å². The second-order valence-corrected chi connectivity index (χ2v) is 7.42. The minimum absolute atomic E-state index is 0.0764. The number of thiophene rings is 1. The summed E-state index contributed by atoms with van der Waals surface area (Å²) >= 11 is 1.57. The third kappa shape index (κ3) is 4.33. The fourth-order valence-corrected chi connectivity index (χ4v) is 3.67. The Hall–Kier alpha value is -2.39. The van der Waals surface area contributed by atoms with Crippen LogP contribution in [0.1, 0.15) is 10.7 Å². The predicted octanol–water partition coefficient (Wildman–Crippen LogP) is 1.29. The molecule has 0 unspecified atom stereocenters. The highest BCUT2D eigenvalue weighted by Crippen LogP contribution is 2.09. The number of amides is 1. The maximum atomic E-state index is 12.2. The topological polar surface area (TPSA) is 89.8 Å². The molecular weight excluding hydrogens is 346 g/mol. The Morgan fingerprint density at radius 2 is 2.04 bits per heavy atom. The zero-order chi connectivity index (χ0) is 16.8. The molecule has 7 nitrogen and oxygen atoms in total. The van der Waals surface area contributed by atoms with Crippen LogP contribution in [0.15, 0.2) is 47.8 Å². The maximum absolute atomic E-state index is 12.2. The van der Waals surface area contributed by atoms with Gasteiger partial charge in [-0.2, -0.15) is 4.68 Å². The molecule has 124 valence electrons. The van der Waals surface area contributed by atoms with E-state index < -0.39 is 10.8 Å². The molecule has 0 spiro atoms. The summed E-state index contributed by atoms with van der Waals surface area (Å²) in [6, 6.07) is 13.2. The second kappa shape index (κ2) is 7.93. The number of carbonyl (C=O) groups excluding carboxylic acids is 1. The van der Waals surface area contributed by atoms with Gasteiger partial charge in [-0.25, -0.2) is 0 Å². The Labute approximate surface area is 145 Å². The largest absolute Gasteiger partial charge is 0.350 e. The molecule has 0 aliphatic heterocycles. The molecule has 0 saturated carbocycles. The van der Waals surface area contributed by atoms with E-state index in [1.807, 2.05) is 47.8 Å². The second-order valence-electron chi connectivity index (χ2n) is 4.93. The fraction of sp³-hybridized carbons (Fsp3) is 0.200. The standard InChI is InChI=1S/C15H15N5O2S2/c21-15(16-9-13-7-4-8-23-13)11-24(22)10-14-17-18-19-20(14)12-5-2-1-3-6-12/h1-8H,9-11H2,(H,16,21)/t24-/m1/s1. The molecule has 2 aromatic heterocycles. The molecule has 0 aliphatic carbocycles. The summed E-state index contributed by atoms with van der Waals surface area (Å²) in [5, 5.41) is 16.2. The summed E-state index contributed by atoms with van der Waals surface area (Å²) in [7, 11) is -1.38. The van der Waals surface area contributed by atoms with E-state index in [0.717, 1.165) is 10.6 Å². The molecule has 1 atom stereocenters. The van der Waals surface area contributed by atoms with Crippen molar-refractivity contribution in [3.63, 3.8) is 0 Å². The molecule has 2 heterocycles. The van der Waals surface area contributed by atoms with Crippen LogP contribution in [-0.2, 0) is 27.9 Å². The van der Waals surface area contributed by atoms with Gasteiger partial charge in [0.05, 0.1) is 18.0 Å². The molecule has 9 heteroatoms. The number of nitrogens with one attached hydrogen (secondary N) is 1. The number of benzene rings is 1. The van der Waals surface area contributed by atoms with Crippen LogP contribution in [0.25, 0.3) is 5.69 Å². The zero-order valence-electron chi connectivity index (χ0n) is 12.7. The minimum atomic E-state index is -1.38. The molecule has 24 heavy (non-hydrogen) atoms. The van der Waals surface area contributed by atoms with Crippen LogP contribution < -0.4 is 5.32 Å². The summed E-state index contributed by atoms with van der Waals surface area (Å²) in [6.45, 7) is 0.454. The molecule has 3 rings (SSSR count). The number of rotatable bonds is 7. The van der Waals surface area contributed by atoms with E-state index in [0.29, 0.717) is 12.4 Å². The lowest BCUT2D eigenvalue weighted by Gasteiger charge is -2.05. The lowest BCUT2D eigenvalue weighted by Crippen LogP contribution is -2.28. The quantitative estimate of drug-likeness (QED) is 0.685. The molecule has 0 fully saturated rings. The van der Waals surface area contributed by atoms with Crippen LogP contribution in [0.3, 0.4) is 0 Å². The fourth-order valence-electron chi connectivity index (χ4n) is 2.06. The van der Waals surface area contributed by atoms with Gasteiger partial charge in [0.2, 0.25) is 5.91 Å². The van der Waals surface area contributed by atoms with Gasteiger partial charge in [-0.1, -0.05) is 24.3 Å². The summed E-state index contributed by atoms with van der Waals surface area (Å²) in [4.78, 5) is 12.9. The van der Waals surface area contributed by atoms with Gasteiger partial charge >= 0.3 is 0 Å². The first-order chi connectivity index (χ1) is 11.7. The average Bonchev–Trinajstić information content (AvgIpc) is 3.25. The van der Waals surface area contributed by atoms with Crippen LogP contribution in [-0.4, -0.2) is 36.1 Å². The SMILES string of the molecule is O=C(C[S@](=O)Cc1nnnn1-c1ccccc1)NCc1cccs1. The zero-order valence-corrected chi connectivity index (χ0v) is 14.3. The molecule has 0 saturated heterocycles. The number of hydrogen-bond donors (Lipinski definition) is 1. The molecule has 1 aromatic carbocycles. The predicted molar refractivity (Wildman–Crippen MR) is 92.0 cm³/mol. The van der Waals surface area contributed by atoms with Gasteiger partial charge in [0, 0.05) is 15.7 Å². The smallest absolute Gasteiger partial charge is 0.232 e. The summed E-state index contributed by atoms with van der Waals surface area (Å²) < 4.78 is 13.7. The van der Waals surface area contributed by atoms with Crippen LogP contribution in [0.2, 0.25) is 0 Å². The van der Waals surface area contributed by atoms with Crippen molar-refractivity contribution >= 4 is 28.0 Å². The van der Waals surface area contributed by atoms with E-state index in [9.17, 15) is 9.00 Å². The van der Waals surface area contributed by atoms with Crippen molar-refractivity contribution in [2.75, 3.05) is 5.75 Å². The molecule has 1 amide bonds. The van der Waals surface area contributed by atoms with Gasteiger partial charge in [0.25, 0.3) is 0 Å². The van der Waals surface area contributed by atoms with Gasteiger partial charge < -0.3 is 5.32 Å². The first-order valence-corrected chi connectivity index (χ1v) is 9.56. The lowest BCUT2D eigenvalue weighted by molar-refractivity contribution is -0.118. The molecule has 0 bridgehead atoms. The van der Waals surface area contributed by atoms with Crippen LogP contribution in [0, 0.1) is 0 Å². The molecular formula is C15H15N5O2S2. The highest BCUT2D eigenvalue weighted by Gasteiger charge is 2.14. The van der Waals surface area contributed by atoms with Crippen molar-refractivity contribution in [3.8, 4) is 5.69 Å². The Morgan fingerprint density at radius 1 is 1.21 bits per heavy atom. The molecule has 0 radical (unpaired) electrons. The lowest BCUT2D eigenvalue weighted by atomic mass is 10.3. The van der Waals surface area contributed by atoms with Crippen LogP contribution in [0.4, 0.5) is 0 Å². The third-order valence-corrected chi connectivity index (χ3v) is 5.20. The van der Waals surface area contributed by atoms with Crippen molar-refractivity contribution in [1.82, 2.24) is 25.5 Å². The number of para-hydroxylation sites is 1. The number of aromatic nitrogens is 4. The first-order valence-electron chi connectivity index (χ1n) is 7.19. The highest BCUT2D eigenvalue weighted by molar-refractivity contribution is 7.84. The first kappa shape index (κ1) is 16.5. The van der Waals surface area contributed by atoms with Crippen molar-refractivity contribution in [2.45, 2.75) is 12.3 Å².